The molecule has 0 aliphatic heterocycles. The number of rotatable bonds is 4. The topological polar surface area (TPSA) is 23.8 Å². The van der Waals surface area contributed by atoms with Crippen LogP contribution in [-0.4, -0.2) is 0 Å². The number of nitriles is 1. The Labute approximate surface area is 170 Å². The fourth-order valence-electron chi connectivity index (χ4n) is 4.65. The minimum Gasteiger partial charge on any atom is -0.195 e. The molecule has 2 aliphatic rings. The average Bonchev–Trinajstić information content (AvgIpc) is 2.73. The van der Waals surface area contributed by atoms with Crippen molar-refractivity contribution in [1.29, 1.82) is 5.26 Å². The van der Waals surface area contributed by atoms with Gasteiger partial charge >= 0.3 is 6.18 Å². The lowest BCUT2D eigenvalue weighted by atomic mass is 9.77. The van der Waals surface area contributed by atoms with Crippen molar-refractivity contribution in [2.45, 2.75) is 63.5 Å². The van der Waals surface area contributed by atoms with Gasteiger partial charge in [-0.1, -0.05) is 24.3 Å². The van der Waals surface area contributed by atoms with Gasteiger partial charge in [-0.15, -0.1) is 0 Å². The quantitative estimate of drug-likeness (QED) is 0.286. The number of allylic oxidation sites excluding steroid dienone is 4. The lowest BCUT2D eigenvalue weighted by molar-refractivity contribution is -0.137. The van der Waals surface area contributed by atoms with Crippen molar-refractivity contribution in [3.05, 3.63) is 59.4 Å². The Balaban J connectivity index is 1.44. The van der Waals surface area contributed by atoms with Crippen molar-refractivity contribution in [1.82, 2.24) is 0 Å². The normalized spacial score (nSPS) is 29.0. The summed E-state index contributed by atoms with van der Waals surface area (Å²) in [7, 11) is 0. The highest BCUT2D eigenvalue weighted by Gasteiger charge is 2.30. The summed E-state index contributed by atoms with van der Waals surface area (Å²) in [5.41, 5.74) is 0.426. The SMILES string of the molecule is N#CC(F)=CC1CCC(/C=C/C2CCC(c3ccc(C(F)(F)F)cc3)CC2)CC1. The first-order valence-corrected chi connectivity index (χ1v) is 10.5. The molecular weight excluding hydrogens is 378 g/mol. The van der Waals surface area contributed by atoms with Crippen LogP contribution >= 0.6 is 0 Å². The Morgan fingerprint density at radius 2 is 1.31 bits per heavy atom. The minimum absolute atomic E-state index is 0.179. The predicted octanol–water partition coefficient (Wildman–Crippen LogP) is 7.72. The largest absolute Gasteiger partial charge is 0.416 e. The molecule has 0 spiro atoms. The van der Waals surface area contributed by atoms with E-state index in [-0.39, 0.29) is 5.92 Å². The van der Waals surface area contributed by atoms with Crippen LogP contribution in [0, 0.1) is 29.1 Å². The van der Waals surface area contributed by atoms with Crippen molar-refractivity contribution in [3.63, 3.8) is 0 Å². The maximum atomic E-state index is 13.1. The van der Waals surface area contributed by atoms with Crippen LogP contribution in [0.3, 0.4) is 0 Å². The second-order valence-corrected chi connectivity index (χ2v) is 8.42. The molecule has 0 aromatic heterocycles. The number of hydrogen-bond donors (Lipinski definition) is 0. The lowest BCUT2D eigenvalue weighted by Gasteiger charge is -2.28. The fourth-order valence-corrected chi connectivity index (χ4v) is 4.65. The maximum Gasteiger partial charge on any atom is 0.416 e. The molecule has 0 radical (unpaired) electrons. The van der Waals surface area contributed by atoms with Crippen LogP contribution in [0.1, 0.15) is 68.4 Å². The Bertz CT molecular complexity index is 754. The summed E-state index contributed by atoms with van der Waals surface area (Å²) in [6.45, 7) is 0. The number of benzene rings is 1. The first-order valence-electron chi connectivity index (χ1n) is 10.5. The highest BCUT2D eigenvalue weighted by Crippen LogP contribution is 2.38. The molecular formula is C24H27F4N. The molecule has 0 atom stereocenters. The molecule has 2 saturated carbocycles. The van der Waals surface area contributed by atoms with Crippen LogP contribution in [0.2, 0.25) is 0 Å². The van der Waals surface area contributed by atoms with Crippen LogP contribution in [-0.2, 0) is 6.18 Å². The van der Waals surface area contributed by atoms with Crippen LogP contribution in [0.15, 0.2) is 48.3 Å². The standard InChI is InChI=1S/C24H27F4N/c25-23(16-29)15-19-5-3-17(4-6-19)1-2-18-7-9-20(10-8-18)21-11-13-22(14-12-21)24(26,27)28/h1-2,11-15,17-20H,3-10H2/b2-1+,23-15?. The van der Waals surface area contributed by atoms with Crippen LogP contribution in [0.25, 0.3) is 0 Å². The summed E-state index contributed by atoms with van der Waals surface area (Å²) < 4.78 is 51.2. The zero-order chi connectivity index (χ0) is 20.9. The van der Waals surface area contributed by atoms with E-state index in [4.69, 9.17) is 5.26 Å². The highest BCUT2D eigenvalue weighted by atomic mass is 19.4. The number of alkyl halides is 3. The summed E-state index contributed by atoms with van der Waals surface area (Å²) in [4.78, 5) is 0. The molecule has 3 rings (SSSR count). The third-order valence-corrected chi connectivity index (χ3v) is 6.44. The molecule has 0 N–H and O–H groups in total. The molecule has 0 unspecified atom stereocenters. The van der Waals surface area contributed by atoms with Crippen molar-refractivity contribution in [2.75, 3.05) is 0 Å². The lowest BCUT2D eigenvalue weighted by Crippen LogP contribution is -2.14. The van der Waals surface area contributed by atoms with Gasteiger partial charge in [0, 0.05) is 0 Å². The van der Waals surface area contributed by atoms with Gasteiger partial charge in [-0.2, -0.15) is 22.8 Å². The first-order chi connectivity index (χ1) is 13.8. The fraction of sp³-hybridized carbons (Fsp3) is 0.542. The Hall–Kier alpha value is -2.09. The second-order valence-electron chi connectivity index (χ2n) is 8.42. The molecule has 1 aromatic carbocycles. The first kappa shape index (κ1) is 21.6. The van der Waals surface area contributed by atoms with Gasteiger partial charge in [0.1, 0.15) is 6.07 Å². The molecule has 5 heteroatoms. The Morgan fingerprint density at radius 3 is 1.79 bits per heavy atom. The van der Waals surface area contributed by atoms with E-state index in [1.807, 2.05) is 0 Å². The van der Waals surface area contributed by atoms with Crippen LogP contribution in [0.5, 0.6) is 0 Å². The number of nitrogens with zero attached hydrogens (tertiary/aromatic N) is 1. The second kappa shape index (κ2) is 9.61. The van der Waals surface area contributed by atoms with Gasteiger partial charge in [0.2, 0.25) is 0 Å². The van der Waals surface area contributed by atoms with Crippen LogP contribution in [0.4, 0.5) is 17.6 Å². The summed E-state index contributed by atoms with van der Waals surface area (Å²) in [5.74, 6) is 0.915. The molecule has 2 fully saturated rings. The van der Waals surface area contributed by atoms with Gasteiger partial charge in [0.05, 0.1) is 5.56 Å². The van der Waals surface area contributed by atoms with E-state index in [1.165, 1.54) is 18.2 Å². The van der Waals surface area contributed by atoms with E-state index < -0.39 is 17.6 Å². The van der Waals surface area contributed by atoms with Gasteiger partial charge in [0.15, 0.2) is 5.83 Å². The smallest absolute Gasteiger partial charge is 0.195 e. The van der Waals surface area contributed by atoms with E-state index in [2.05, 4.69) is 12.2 Å². The molecule has 1 aromatic rings. The van der Waals surface area contributed by atoms with Gasteiger partial charge in [-0.3, -0.25) is 0 Å². The molecule has 0 amide bonds. The minimum atomic E-state index is -4.28. The van der Waals surface area contributed by atoms with Crippen molar-refractivity contribution < 1.29 is 17.6 Å². The molecule has 156 valence electrons. The zero-order valence-electron chi connectivity index (χ0n) is 16.5. The van der Waals surface area contributed by atoms with Gasteiger partial charge in [0.25, 0.3) is 0 Å². The van der Waals surface area contributed by atoms with Crippen molar-refractivity contribution in [3.8, 4) is 6.07 Å². The third kappa shape index (κ3) is 6.19. The molecule has 0 heterocycles. The van der Waals surface area contributed by atoms with Gasteiger partial charge in [-0.25, -0.2) is 0 Å². The van der Waals surface area contributed by atoms with E-state index in [1.54, 1.807) is 18.2 Å². The summed E-state index contributed by atoms with van der Waals surface area (Å²) in [6, 6.07) is 7.19. The summed E-state index contributed by atoms with van der Waals surface area (Å²) >= 11 is 0. The number of halogens is 4. The molecule has 1 nitrogen and oxygen atoms in total. The van der Waals surface area contributed by atoms with E-state index in [9.17, 15) is 17.6 Å². The van der Waals surface area contributed by atoms with E-state index in [0.717, 1.165) is 56.9 Å². The van der Waals surface area contributed by atoms with Crippen molar-refractivity contribution >= 4 is 0 Å². The third-order valence-electron chi connectivity index (χ3n) is 6.44. The molecule has 29 heavy (non-hydrogen) atoms. The maximum absolute atomic E-state index is 13.1. The number of hydrogen-bond acceptors (Lipinski definition) is 1. The van der Waals surface area contributed by atoms with Gasteiger partial charge < -0.3 is 0 Å². The average molecular weight is 405 g/mol. The highest BCUT2D eigenvalue weighted by molar-refractivity contribution is 5.27. The van der Waals surface area contributed by atoms with E-state index in [0.29, 0.717) is 17.8 Å². The van der Waals surface area contributed by atoms with Crippen LogP contribution < -0.4 is 0 Å². The molecule has 0 saturated heterocycles. The molecule has 0 bridgehead atoms. The molecule has 2 aliphatic carbocycles. The van der Waals surface area contributed by atoms with E-state index >= 15 is 0 Å². The Morgan fingerprint density at radius 1 is 0.828 bits per heavy atom. The summed E-state index contributed by atoms with van der Waals surface area (Å²) in [6.07, 6.45) is 9.84. The van der Waals surface area contributed by atoms with Crippen molar-refractivity contribution in [2.24, 2.45) is 17.8 Å². The Kier molecular flexibility index (Phi) is 7.16. The monoisotopic (exact) mass is 405 g/mol. The van der Waals surface area contributed by atoms with Gasteiger partial charge in [-0.05, 0) is 98.8 Å². The zero-order valence-corrected chi connectivity index (χ0v) is 16.5. The summed E-state index contributed by atoms with van der Waals surface area (Å²) in [5, 5.41) is 8.53. The predicted molar refractivity (Wildman–Crippen MR) is 106 cm³/mol.